The zero-order valence-electron chi connectivity index (χ0n) is 7.11. The van der Waals surface area contributed by atoms with E-state index in [0.717, 1.165) is 5.69 Å². The Morgan fingerprint density at radius 1 is 1.42 bits per heavy atom. The zero-order chi connectivity index (χ0) is 9.14. The van der Waals surface area contributed by atoms with Crippen molar-refractivity contribution >= 4 is 34.9 Å². The van der Waals surface area contributed by atoms with Crippen LogP contribution < -0.4 is 4.90 Å². The predicted octanol–water partition coefficient (Wildman–Crippen LogP) is 2.65. The molecule has 0 spiro atoms. The molecule has 0 unspecified atom stereocenters. The molecule has 64 valence electrons. The smallest absolute Gasteiger partial charge is 0.137 e. The topological polar surface area (TPSA) is 3.24 Å². The van der Waals surface area contributed by atoms with Gasteiger partial charge in [-0.1, -0.05) is 30.4 Å². The highest BCUT2D eigenvalue weighted by atomic mass is 32.1. The Labute approximate surface area is 83.8 Å². The summed E-state index contributed by atoms with van der Waals surface area (Å²) >= 11 is 9.06. The van der Waals surface area contributed by atoms with Crippen molar-refractivity contribution < 1.29 is 0 Å². The van der Waals surface area contributed by atoms with Gasteiger partial charge in [0.15, 0.2) is 0 Å². The van der Waals surface area contributed by atoms with Crippen LogP contribution in [-0.4, -0.2) is 11.4 Å². The third-order valence-corrected chi connectivity index (χ3v) is 2.34. The van der Waals surface area contributed by atoms with Crippen LogP contribution in [-0.2, 0) is 0 Å². The third-order valence-electron chi connectivity index (χ3n) is 1.76. The number of hydrogen-bond donors (Lipinski definition) is 1. The zero-order valence-corrected chi connectivity index (χ0v) is 8.82. The molecule has 1 aromatic carbocycles. The lowest BCUT2D eigenvalue weighted by molar-refractivity contribution is 1.27. The van der Waals surface area contributed by atoms with Gasteiger partial charge in [-0.05, 0) is 18.6 Å². The number of thiocarbonyl (C=S) groups is 1. The van der Waals surface area contributed by atoms with E-state index in [2.05, 4.69) is 25.6 Å². The van der Waals surface area contributed by atoms with E-state index in [1.165, 1.54) is 5.56 Å². The second-order valence-corrected chi connectivity index (χ2v) is 3.74. The number of para-hydroxylation sites is 1. The van der Waals surface area contributed by atoms with E-state index in [1.54, 1.807) is 0 Å². The van der Waals surface area contributed by atoms with Crippen LogP contribution in [0.2, 0.25) is 0 Å². The molecule has 0 atom stereocenters. The Bertz CT molecular complexity index is 296. The fourth-order valence-corrected chi connectivity index (χ4v) is 1.25. The Morgan fingerprint density at radius 2 is 2.00 bits per heavy atom. The Balaban J connectivity index is 3.02. The van der Waals surface area contributed by atoms with Crippen molar-refractivity contribution in [3.05, 3.63) is 29.8 Å². The number of aryl methyl sites for hydroxylation is 1. The summed E-state index contributed by atoms with van der Waals surface area (Å²) in [7, 11) is 1.91. The Morgan fingerprint density at radius 3 is 2.50 bits per heavy atom. The second kappa shape index (κ2) is 3.92. The number of rotatable bonds is 1. The first kappa shape index (κ1) is 9.55. The highest BCUT2D eigenvalue weighted by molar-refractivity contribution is 8.11. The molecule has 0 heterocycles. The molecule has 0 bridgehead atoms. The summed E-state index contributed by atoms with van der Waals surface area (Å²) in [5.74, 6) is 0. The largest absolute Gasteiger partial charge is 0.330 e. The lowest BCUT2D eigenvalue weighted by Crippen LogP contribution is -2.20. The van der Waals surface area contributed by atoms with Crippen LogP contribution in [0, 0.1) is 6.92 Å². The molecule has 1 aromatic rings. The minimum absolute atomic E-state index is 0.587. The van der Waals surface area contributed by atoms with E-state index in [9.17, 15) is 0 Å². The van der Waals surface area contributed by atoms with Crippen LogP contribution in [0.5, 0.6) is 0 Å². The average Bonchev–Trinajstić information content (AvgIpc) is 2.04. The maximum atomic E-state index is 4.95. The summed E-state index contributed by atoms with van der Waals surface area (Å²) in [6.45, 7) is 2.05. The average molecular weight is 197 g/mol. The maximum Gasteiger partial charge on any atom is 0.137 e. The minimum atomic E-state index is 0.587. The minimum Gasteiger partial charge on any atom is -0.330 e. The summed E-state index contributed by atoms with van der Waals surface area (Å²) in [5, 5.41) is 0. The molecule has 12 heavy (non-hydrogen) atoms. The molecule has 0 saturated carbocycles. The van der Waals surface area contributed by atoms with Gasteiger partial charge >= 0.3 is 0 Å². The molecule has 1 nitrogen and oxygen atoms in total. The lowest BCUT2D eigenvalue weighted by atomic mass is 10.2. The highest BCUT2D eigenvalue weighted by Gasteiger charge is 2.04. The molecule has 0 amide bonds. The van der Waals surface area contributed by atoms with Gasteiger partial charge in [0.1, 0.15) is 4.32 Å². The van der Waals surface area contributed by atoms with E-state index >= 15 is 0 Å². The van der Waals surface area contributed by atoms with Crippen LogP contribution in [0.15, 0.2) is 24.3 Å². The summed E-state index contributed by atoms with van der Waals surface area (Å²) in [4.78, 5) is 1.88. The summed E-state index contributed by atoms with van der Waals surface area (Å²) < 4.78 is 0.587. The lowest BCUT2D eigenvalue weighted by Gasteiger charge is -2.18. The van der Waals surface area contributed by atoms with Crippen molar-refractivity contribution in [2.24, 2.45) is 0 Å². The standard InChI is InChI=1S/C9H11NS2/c1-7-5-3-4-6-8(7)10(2)9(11)12/h3-6H,1-2H3,(H,11,12). The van der Waals surface area contributed by atoms with Gasteiger partial charge in [-0.3, -0.25) is 0 Å². The first-order valence-electron chi connectivity index (χ1n) is 3.65. The summed E-state index contributed by atoms with van der Waals surface area (Å²) in [6.07, 6.45) is 0. The van der Waals surface area contributed by atoms with E-state index in [-0.39, 0.29) is 0 Å². The maximum absolute atomic E-state index is 4.95. The Kier molecular flexibility index (Phi) is 3.12. The molecule has 0 aliphatic heterocycles. The van der Waals surface area contributed by atoms with Crippen molar-refractivity contribution in [3.63, 3.8) is 0 Å². The van der Waals surface area contributed by atoms with Gasteiger partial charge in [-0.25, -0.2) is 0 Å². The molecule has 0 N–H and O–H groups in total. The van der Waals surface area contributed by atoms with E-state index < -0.39 is 0 Å². The number of benzene rings is 1. The third kappa shape index (κ3) is 1.99. The molecule has 0 aliphatic rings. The molecule has 3 heteroatoms. The molecule has 0 aliphatic carbocycles. The summed E-state index contributed by atoms with van der Waals surface area (Å²) in [5.41, 5.74) is 2.31. The Hall–Kier alpha value is -0.540. The number of thiol groups is 1. The fraction of sp³-hybridized carbons (Fsp3) is 0.222. The molecule has 0 fully saturated rings. The SMILES string of the molecule is Cc1ccccc1N(C)C(=S)S. The van der Waals surface area contributed by atoms with Gasteiger partial charge in [-0.15, -0.1) is 12.6 Å². The van der Waals surface area contributed by atoms with Crippen LogP contribution in [0.1, 0.15) is 5.56 Å². The van der Waals surface area contributed by atoms with Crippen molar-refractivity contribution in [2.45, 2.75) is 6.92 Å². The number of nitrogens with zero attached hydrogens (tertiary/aromatic N) is 1. The van der Waals surface area contributed by atoms with Crippen molar-refractivity contribution in [3.8, 4) is 0 Å². The fourth-order valence-electron chi connectivity index (χ4n) is 1.04. The van der Waals surface area contributed by atoms with E-state index in [0.29, 0.717) is 4.32 Å². The first-order chi connectivity index (χ1) is 5.63. The molecule has 0 radical (unpaired) electrons. The highest BCUT2D eigenvalue weighted by Crippen LogP contribution is 2.18. The molecular formula is C9H11NS2. The van der Waals surface area contributed by atoms with Crippen LogP contribution in [0.4, 0.5) is 5.69 Å². The molecule has 1 rings (SSSR count). The van der Waals surface area contributed by atoms with Crippen molar-refractivity contribution in [1.29, 1.82) is 0 Å². The van der Waals surface area contributed by atoms with Gasteiger partial charge in [0, 0.05) is 12.7 Å². The number of anilines is 1. The van der Waals surface area contributed by atoms with Crippen molar-refractivity contribution in [1.82, 2.24) is 0 Å². The molecule has 0 saturated heterocycles. The monoisotopic (exact) mass is 197 g/mol. The number of hydrogen-bond acceptors (Lipinski definition) is 1. The van der Waals surface area contributed by atoms with Crippen molar-refractivity contribution in [2.75, 3.05) is 11.9 Å². The molecular weight excluding hydrogens is 186 g/mol. The van der Waals surface area contributed by atoms with Gasteiger partial charge in [-0.2, -0.15) is 0 Å². The van der Waals surface area contributed by atoms with Crippen LogP contribution in [0.3, 0.4) is 0 Å². The van der Waals surface area contributed by atoms with E-state index in [4.69, 9.17) is 12.2 Å². The van der Waals surface area contributed by atoms with Crippen LogP contribution >= 0.6 is 24.8 Å². The van der Waals surface area contributed by atoms with E-state index in [1.807, 2.05) is 30.1 Å². The van der Waals surface area contributed by atoms with Gasteiger partial charge in [0.05, 0.1) is 0 Å². The molecule has 0 aromatic heterocycles. The quantitative estimate of drug-likeness (QED) is 0.544. The summed E-state index contributed by atoms with van der Waals surface area (Å²) in [6, 6.07) is 8.08. The van der Waals surface area contributed by atoms with Crippen LogP contribution in [0.25, 0.3) is 0 Å². The second-order valence-electron chi connectivity index (χ2n) is 2.63. The van der Waals surface area contributed by atoms with Gasteiger partial charge in [0.25, 0.3) is 0 Å². The first-order valence-corrected chi connectivity index (χ1v) is 4.50. The van der Waals surface area contributed by atoms with Gasteiger partial charge < -0.3 is 4.90 Å². The van der Waals surface area contributed by atoms with Gasteiger partial charge in [0.2, 0.25) is 0 Å². The predicted molar refractivity (Wildman–Crippen MR) is 61.2 cm³/mol. The normalized spacial score (nSPS) is 9.58.